The number of carbonyl (C=O) groups is 1. The van der Waals surface area contributed by atoms with Gasteiger partial charge < -0.3 is 5.32 Å². The van der Waals surface area contributed by atoms with E-state index in [1.165, 1.54) is 12.1 Å². The van der Waals surface area contributed by atoms with E-state index in [1.54, 1.807) is 0 Å². The second-order valence-electron chi connectivity index (χ2n) is 6.46. The lowest BCUT2D eigenvalue weighted by Crippen LogP contribution is -2.30. The van der Waals surface area contributed by atoms with Crippen molar-refractivity contribution in [1.82, 2.24) is 5.32 Å². The Morgan fingerprint density at radius 2 is 1.52 bits per heavy atom. The molecule has 0 bridgehead atoms. The first-order valence-corrected chi connectivity index (χ1v) is 8.48. The standard InChI is InChI=1S/C20H20F3NO/c21-20(22,23)18-10-8-16(9-11-18)15-6-4-14(5-7-15)13-17-3-1-2-12-24-19(17)25/h4-11,17H,1-3,12-13H2,(H,24,25). The summed E-state index contributed by atoms with van der Waals surface area (Å²) in [6, 6.07) is 12.8. The van der Waals surface area contributed by atoms with Gasteiger partial charge in [0.2, 0.25) is 5.91 Å². The molecule has 2 aromatic rings. The maximum atomic E-state index is 12.6. The molecule has 0 saturated carbocycles. The molecule has 2 aromatic carbocycles. The highest BCUT2D eigenvalue weighted by atomic mass is 19.4. The molecule has 2 nitrogen and oxygen atoms in total. The van der Waals surface area contributed by atoms with E-state index in [-0.39, 0.29) is 11.8 Å². The van der Waals surface area contributed by atoms with E-state index >= 15 is 0 Å². The molecule has 0 aromatic heterocycles. The molecule has 1 aliphatic rings. The summed E-state index contributed by atoms with van der Waals surface area (Å²) in [6.45, 7) is 0.752. The molecule has 1 N–H and O–H groups in total. The monoisotopic (exact) mass is 347 g/mol. The highest BCUT2D eigenvalue weighted by molar-refractivity contribution is 5.79. The van der Waals surface area contributed by atoms with Gasteiger partial charge in [0.25, 0.3) is 0 Å². The van der Waals surface area contributed by atoms with E-state index in [9.17, 15) is 18.0 Å². The minimum absolute atomic E-state index is 0.000538. The van der Waals surface area contributed by atoms with Gasteiger partial charge in [-0.05, 0) is 48.1 Å². The lowest BCUT2D eigenvalue weighted by molar-refractivity contribution is -0.137. The molecule has 1 aliphatic heterocycles. The molecule has 132 valence electrons. The van der Waals surface area contributed by atoms with Crippen LogP contribution in [0.1, 0.15) is 30.4 Å². The van der Waals surface area contributed by atoms with Gasteiger partial charge in [-0.25, -0.2) is 0 Å². The highest BCUT2D eigenvalue weighted by Gasteiger charge is 2.30. The van der Waals surface area contributed by atoms with Crippen LogP contribution < -0.4 is 5.32 Å². The van der Waals surface area contributed by atoms with Crippen LogP contribution in [0.15, 0.2) is 48.5 Å². The van der Waals surface area contributed by atoms with E-state index in [4.69, 9.17) is 0 Å². The van der Waals surface area contributed by atoms with Crippen molar-refractivity contribution in [2.75, 3.05) is 6.54 Å². The molecule has 1 unspecified atom stereocenters. The maximum absolute atomic E-state index is 12.6. The van der Waals surface area contributed by atoms with E-state index in [0.717, 1.165) is 54.6 Å². The van der Waals surface area contributed by atoms with E-state index in [1.807, 2.05) is 24.3 Å². The zero-order valence-electron chi connectivity index (χ0n) is 13.8. The number of nitrogens with one attached hydrogen (secondary N) is 1. The minimum atomic E-state index is -4.32. The summed E-state index contributed by atoms with van der Waals surface area (Å²) in [4.78, 5) is 12.0. The summed E-state index contributed by atoms with van der Waals surface area (Å²) < 4.78 is 37.9. The fourth-order valence-corrected chi connectivity index (χ4v) is 3.17. The average molecular weight is 347 g/mol. The first kappa shape index (κ1) is 17.5. The normalized spacial score (nSPS) is 18.5. The van der Waals surface area contributed by atoms with Crippen molar-refractivity contribution in [2.24, 2.45) is 5.92 Å². The molecule has 0 radical (unpaired) electrons. The second-order valence-corrected chi connectivity index (χ2v) is 6.46. The Morgan fingerprint density at radius 1 is 0.920 bits per heavy atom. The SMILES string of the molecule is O=C1NCCCCC1Cc1ccc(-c2ccc(C(F)(F)F)cc2)cc1. The van der Waals surface area contributed by atoms with Crippen molar-refractivity contribution >= 4 is 5.91 Å². The van der Waals surface area contributed by atoms with Crippen molar-refractivity contribution in [3.05, 3.63) is 59.7 Å². The summed E-state index contributed by atoms with van der Waals surface area (Å²) in [5.74, 6) is 0.115. The molecule has 1 atom stereocenters. The zero-order chi connectivity index (χ0) is 17.9. The Balaban J connectivity index is 1.70. The summed E-state index contributed by atoms with van der Waals surface area (Å²) in [6.07, 6.45) is -0.657. The van der Waals surface area contributed by atoms with Crippen molar-refractivity contribution in [2.45, 2.75) is 31.9 Å². The van der Waals surface area contributed by atoms with Crippen LogP contribution in [0.2, 0.25) is 0 Å². The Labute approximate surface area is 145 Å². The van der Waals surface area contributed by atoms with Crippen molar-refractivity contribution in [1.29, 1.82) is 0 Å². The number of amides is 1. The third-order valence-electron chi connectivity index (χ3n) is 4.63. The maximum Gasteiger partial charge on any atom is 0.416 e. The fourth-order valence-electron chi connectivity index (χ4n) is 3.17. The molecule has 1 heterocycles. The number of hydrogen-bond donors (Lipinski definition) is 1. The number of rotatable bonds is 3. The van der Waals surface area contributed by atoms with Crippen LogP contribution in [-0.2, 0) is 17.4 Å². The van der Waals surface area contributed by atoms with E-state index < -0.39 is 11.7 Å². The molecule has 25 heavy (non-hydrogen) atoms. The highest BCUT2D eigenvalue weighted by Crippen LogP contribution is 2.31. The Bertz CT molecular complexity index is 720. The number of halogens is 3. The van der Waals surface area contributed by atoms with Gasteiger partial charge in [0.05, 0.1) is 5.56 Å². The molecule has 5 heteroatoms. The fraction of sp³-hybridized carbons (Fsp3) is 0.350. The summed E-state index contributed by atoms with van der Waals surface area (Å²) in [7, 11) is 0. The second kappa shape index (κ2) is 7.30. The summed E-state index contributed by atoms with van der Waals surface area (Å²) in [5.41, 5.74) is 2.03. The van der Waals surface area contributed by atoms with Crippen LogP contribution in [0.25, 0.3) is 11.1 Å². The van der Waals surface area contributed by atoms with Crippen LogP contribution in [0, 0.1) is 5.92 Å². The number of alkyl halides is 3. The minimum Gasteiger partial charge on any atom is -0.356 e. The zero-order valence-corrected chi connectivity index (χ0v) is 13.8. The van der Waals surface area contributed by atoms with Gasteiger partial charge in [-0.2, -0.15) is 13.2 Å². The van der Waals surface area contributed by atoms with Crippen molar-refractivity contribution in [3.8, 4) is 11.1 Å². The van der Waals surface area contributed by atoms with Gasteiger partial charge >= 0.3 is 6.18 Å². The quantitative estimate of drug-likeness (QED) is 0.846. The van der Waals surface area contributed by atoms with Gasteiger partial charge in [-0.15, -0.1) is 0 Å². The predicted octanol–water partition coefficient (Wildman–Crippen LogP) is 4.83. The van der Waals surface area contributed by atoms with Crippen LogP contribution in [0.4, 0.5) is 13.2 Å². The predicted molar refractivity (Wildman–Crippen MR) is 90.9 cm³/mol. The van der Waals surface area contributed by atoms with E-state index in [0.29, 0.717) is 6.42 Å². The third-order valence-corrected chi connectivity index (χ3v) is 4.63. The Morgan fingerprint density at radius 3 is 2.12 bits per heavy atom. The van der Waals surface area contributed by atoms with Gasteiger partial charge in [0, 0.05) is 12.5 Å². The third kappa shape index (κ3) is 4.41. The molecule has 1 fully saturated rings. The largest absolute Gasteiger partial charge is 0.416 e. The van der Waals surface area contributed by atoms with Crippen molar-refractivity contribution < 1.29 is 18.0 Å². The van der Waals surface area contributed by atoms with Gasteiger partial charge in [-0.1, -0.05) is 42.8 Å². The molecular weight excluding hydrogens is 327 g/mol. The Kier molecular flexibility index (Phi) is 5.11. The molecule has 1 saturated heterocycles. The molecule has 0 aliphatic carbocycles. The molecule has 1 amide bonds. The van der Waals surface area contributed by atoms with Crippen LogP contribution in [0.5, 0.6) is 0 Å². The number of carbonyl (C=O) groups excluding carboxylic acids is 1. The van der Waals surface area contributed by atoms with Crippen LogP contribution in [0.3, 0.4) is 0 Å². The first-order chi connectivity index (χ1) is 11.9. The lowest BCUT2D eigenvalue weighted by Gasteiger charge is -2.13. The lowest BCUT2D eigenvalue weighted by atomic mass is 9.93. The molecule has 0 spiro atoms. The van der Waals surface area contributed by atoms with E-state index in [2.05, 4.69) is 5.32 Å². The van der Waals surface area contributed by atoms with Gasteiger partial charge in [-0.3, -0.25) is 4.79 Å². The molecule has 3 rings (SSSR count). The average Bonchev–Trinajstić information content (AvgIpc) is 2.80. The van der Waals surface area contributed by atoms with Gasteiger partial charge in [0.15, 0.2) is 0 Å². The summed E-state index contributed by atoms with van der Waals surface area (Å²) in [5, 5.41) is 2.94. The Hall–Kier alpha value is -2.30. The topological polar surface area (TPSA) is 29.1 Å². The number of benzene rings is 2. The van der Waals surface area contributed by atoms with Crippen molar-refractivity contribution in [3.63, 3.8) is 0 Å². The van der Waals surface area contributed by atoms with Crippen LogP contribution in [-0.4, -0.2) is 12.5 Å². The summed E-state index contributed by atoms with van der Waals surface area (Å²) >= 11 is 0. The smallest absolute Gasteiger partial charge is 0.356 e. The van der Waals surface area contributed by atoms with Gasteiger partial charge in [0.1, 0.15) is 0 Å². The first-order valence-electron chi connectivity index (χ1n) is 8.48. The van der Waals surface area contributed by atoms with Crippen LogP contribution >= 0.6 is 0 Å². The number of hydrogen-bond acceptors (Lipinski definition) is 1. The molecular formula is C20H20F3NO.